The molecule has 138 valence electrons. The molecule has 1 aliphatic heterocycles. The van der Waals surface area contributed by atoms with E-state index in [0.717, 1.165) is 18.2 Å². The SMILES string of the molecule is CC(C)C(=O)NC1CCCN(S(=O)(=O)c2ccc(C(=O)O)c(F)c2)C1. The Morgan fingerprint density at radius 1 is 1.36 bits per heavy atom. The number of rotatable bonds is 5. The molecule has 0 spiro atoms. The van der Waals surface area contributed by atoms with Crippen molar-refractivity contribution in [1.82, 2.24) is 9.62 Å². The quantitative estimate of drug-likeness (QED) is 0.814. The number of carboxylic acids is 1. The molecule has 1 atom stereocenters. The lowest BCUT2D eigenvalue weighted by Crippen LogP contribution is -2.50. The lowest BCUT2D eigenvalue weighted by molar-refractivity contribution is -0.124. The summed E-state index contributed by atoms with van der Waals surface area (Å²) < 4.78 is 40.4. The van der Waals surface area contributed by atoms with Gasteiger partial charge in [0.1, 0.15) is 5.82 Å². The summed E-state index contributed by atoms with van der Waals surface area (Å²) in [4.78, 5) is 22.3. The first-order valence-electron chi connectivity index (χ1n) is 7.96. The van der Waals surface area contributed by atoms with Crippen LogP contribution in [0, 0.1) is 11.7 Å². The second kappa shape index (κ2) is 7.49. The average molecular weight is 372 g/mol. The Labute approximate surface area is 145 Å². The largest absolute Gasteiger partial charge is 0.478 e. The second-order valence-corrected chi connectivity index (χ2v) is 8.25. The predicted molar refractivity (Wildman–Crippen MR) is 88.1 cm³/mol. The van der Waals surface area contributed by atoms with Crippen LogP contribution in [0.25, 0.3) is 0 Å². The monoisotopic (exact) mass is 372 g/mol. The fourth-order valence-corrected chi connectivity index (χ4v) is 4.16. The van der Waals surface area contributed by atoms with E-state index in [4.69, 9.17) is 5.11 Å². The van der Waals surface area contributed by atoms with Gasteiger partial charge < -0.3 is 10.4 Å². The standard InChI is InChI=1S/C16H21FN2O5S/c1-10(2)15(20)18-11-4-3-7-19(9-11)25(23,24)12-5-6-13(16(21)22)14(17)8-12/h5-6,8,10-11H,3-4,7,9H2,1-2H3,(H,18,20)(H,21,22). The second-order valence-electron chi connectivity index (χ2n) is 6.31. The molecule has 9 heteroatoms. The Morgan fingerprint density at radius 3 is 2.60 bits per heavy atom. The van der Waals surface area contributed by atoms with Crippen LogP contribution in [0.3, 0.4) is 0 Å². The number of sulfonamides is 1. The van der Waals surface area contributed by atoms with Gasteiger partial charge in [-0.25, -0.2) is 17.6 Å². The molecule has 1 fully saturated rings. The molecule has 0 aromatic heterocycles. The van der Waals surface area contributed by atoms with Crippen LogP contribution in [0.2, 0.25) is 0 Å². The van der Waals surface area contributed by atoms with Crippen molar-refractivity contribution >= 4 is 21.9 Å². The summed E-state index contributed by atoms with van der Waals surface area (Å²) >= 11 is 0. The first kappa shape index (κ1) is 19.3. The zero-order chi connectivity index (χ0) is 18.8. The van der Waals surface area contributed by atoms with Gasteiger partial charge in [0.05, 0.1) is 10.5 Å². The van der Waals surface area contributed by atoms with Crippen LogP contribution >= 0.6 is 0 Å². The molecule has 1 unspecified atom stereocenters. The van der Waals surface area contributed by atoms with Crippen molar-refractivity contribution in [2.45, 2.75) is 37.6 Å². The summed E-state index contributed by atoms with van der Waals surface area (Å²) in [5.41, 5.74) is -0.584. The number of carbonyl (C=O) groups is 2. The minimum absolute atomic E-state index is 0.100. The molecule has 1 saturated heterocycles. The van der Waals surface area contributed by atoms with Gasteiger partial charge in [0.2, 0.25) is 15.9 Å². The number of amides is 1. The summed E-state index contributed by atoms with van der Waals surface area (Å²) in [6.07, 6.45) is 1.23. The highest BCUT2D eigenvalue weighted by Crippen LogP contribution is 2.23. The summed E-state index contributed by atoms with van der Waals surface area (Å²) in [6, 6.07) is 2.43. The van der Waals surface area contributed by atoms with Gasteiger partial charge in [0.25, 0.3) is 0 Å². The fraction of sp³-hybridized carbons (Fsp3) is 0.500. The lowest BCUT2D eigenvalue weighted by Gasteiger charge is -2.32. The Kier molecular flexibility index (Phi) is 5.79. The molecule has 1 heterocycles. The van der Waals surface area contributed by atoms with Gasteiger partial charge in [-0.05, 0) is 31.0 Å². The van der Waals surface area contributed by atoms with Crippen molar-refractivity contribution in [2.24, 2.45) is 5.92 Å². The highest BCUT2D eigenvalue weighted by atomic mass is 32.2. The van der Waals surface area contributed by atoms with Gasteiger partial charge >= 0.3 is 5.97 Å². The molecule has 0 aliphatic carbocycles. The normalized spacial score (nSPS) is 19.0. The van der Waals surface area contributed by atoms with Gasteiger partial charge in [0.15, 0.2) is 0 Å². The molecular weight excluding hydrogens is 351 g/mol. The van der Waals surface area contributed by atoms with Crippen LogP contribution in [0.15, 0.2) is 23.1 Å². The van der Waals surface area contributed by atoms with Crippen LogP contribution < -0.4 is 5.32 Å². The van der Waals surface area contributed by atoms with Crippen molar-refractivity contribution < 1.29 is 27.5 Å². The number of hydrogen-bond acceptors (Lipinski definition) is 4. The Hall–Kier alpha value is -2.00. The molecule has 0 radical (unpaired) electrons. The van der Waals surface area contributed by atoms with E-state index in [2.05, 4.69) is 5.32 Å². The molecule has 1 amide bonds. The first-order valence-corrected chi connectivity index (χ1v) is 9.40. The third-order valence-electron chi connectivity index (χ3n) is 4.06. The van der Waals surface area contributed by atoms with E-state index < -0.39 is 27.4 Å². The number of hydrogen-bond donors (Lipinski definition) is 2. The van der Waals surface area contributed by atoms with Gasteiger partial charge in [-0.3, -0.25) is 4.79 Å². The molecule has 0 bridgehead atoms. The Balaban J connectivity index is 2.20. The number of carboxylic acid groups (broad SMARTS) is 1. The number of halogens is 1. The highest BCUT2D eigenvalue weighted by Gasteiger charge is 2.31. The fourth-order valence-electron chi connectivity index (χ4n) is 2.63. The smallest absolute Gasteiger partial charge is 0.338 e. The van der Waals surface area contributed by atoms with Crippen LogP contribution in [0.4, 0.5) is 4.39 Å². The van der Waals surface area contributed by atoms with Crippen molar-refractivity contribution in [3.05, 3.63) is 29.6 Å². The molecular formula is C16H21FN2O5S. The van der Waals surface area contributed by atoms with Gasteiger partial charge in [-0.2, -0.15) is 4.31 Å². The van der Waals surface area contributed by atoms with E-state index in [-0.39, 0.29) is 35.9 Å². The molecule has 7 nitrogen and oxygen atoms in total. The minimum atomic E-state index is -3.97. The predicted octanol–water partition coefficient (Wildman–Crippen LogP) is 1.45. The molecule has 0 saturated carbocycles. The summed E-state index contributed by atoms with van der Waals surface area (Å²) in [7, 11) is -3.97. The van der Waals surface area contributed by atoms with E-state index in [9.17, 15) is 22.4 Å². The topological polar surface area (TPSA) is 104 Å². The first-order chi connectivity index (χ1) is 11.6. The number of nitrogens with zero attached hydrogens (tertiary/aromatic N) is 1. The van der Waals surface area contributed by atoms with Crippen LogP contribution in [0.1, 0.15) is 37.0 Å². The summed E-state index contributed by atoms with van der Waals surface area (Å²) in [5, 5.41) is 11.6. The third kappa shape index (κ3) is 4.35. The van der Waals surface area contributed by atoms with Crippen LogP contribution in [0.5, 0.6) is 0 Å². The maximum absolute atomic E-state index is 13.8. The Morgan fingerprint density at radius 2 is 2.04 bits per heavy atom. The molecule has 2 N–H and O–H groups in total. The van der Waals surface area contributed by atoms with Gasteiger partial charge in [-0.1, -0.05) is 13.8 Å². The highest BCUT2D eigenvalue weighted by molar-refractivity contribution is 7.89. The molecule has 2 rings (SSSR count). The van der Waals surface area contributed by atoms with Crippen LogP contribution in [-0.4, -0.2) is 48.8 Å². The average Bonchev–Trinajstić information content (AvgIpc) is 2.54. The Bertz CT molecular complexity index is 779. The van der Waals surface area contributed by atoms with Crippen molar-refractivity contribution in [3.8, 4) is 0 Å². The zero-order valence-corrected chi connectivity index (χ0v) is 14.8. The van der Waals surface area contributed by atoms with E-state index in [0.29, 0.717) is 12.8 Å². The van der Waals surface area contributed by atoms with Crippen LogP contribution in [-0.2, 0) is 14.8 Å². The van der Waals surface area contributed by atoms with Gasteiger partial charge in [0, 0.05) is 25.0 Å². The van der Waals surface area contributed by atoms with Gasteiger partial charge in [-0.15, -0.1) is 0 Å². The number of carbonyl (C=O) groups excluding carboxylic acids is 1. The maximum Gasteiger partial charge on any atom is 0.338 e. The van der Waals surface area contributed by atoms with E-state index in [1.807, 2.05) is 0 Å². The molecule has 1 aromatic rings. The molecule has 1 aromatic carbocycles. The van der Waals surface area contributed by atoms with Crippen molar-refractivity contribution in [1.29, 1.82) is 0 Å². The van der Waals surface area contributed by atoms with E-state index in [1.165, 1.54) is 4.31 Å². The zero-order valence-electron chi connectivity index (χ0n) is 14.0. The van der Waals surface area contributed by atoms with E-state index >= 15 is 0 Å². The number of nitrogens with one attached hydrogen (secondary N) is 1. The number of piperidine rings is 1. The number of aromatic carboxylic acids is 1. The van der Waals surface area contributed by atoms with Crippen molar-refractivity contribution in [3.63, 3.8) is 0 Å². The maximum atomic E-state index is 13.8. The summed E-state index contributed by atoms with van der Waals surface area (Å²) in [5.74, 6) is -2.92. The number of benzene rings is 1. The lowest BCUT2D eigenvalue weighted by atomic mass is 10.1. The third-order valence-corrected chi connectivity index (χ3v) is 5.92. The molecule has 25 heavy (non-hydrogen) atoms. The minimum Gasteiger partial charge on any atom is -0.478 e. The molecule has 1 aliphatic rings. The summed E-state index contributed by atoms with van der Waals surface area (Å²) in [6.45, 7) is 3.86. The van der Waals surface area contributed by atoms with E-state index in [1.54, 1.807) is 13.8 Å². The van der Waals surface area contributed by atoms with Crippen molar-refractivity contribution in [2.75, 3.05) is 13.1 Å².